The minimum Gasteiger partial charge on any atom is -0.372 e. The van der Waals surface area contributed by atoms with Gasteiger partial charge in [-0.1, -0.05) is 11.6 Å². The van der Waals surface area contributed by atoms with Crippen molar-refractivity contribution < 1.29 is 4.79 Å². The molecule has 11 nitrogen and oxygen atoms in total. The molecule has 0 unspecified atom stereocenters. The van der Waals surface area contributed by atoms with E-state index in [1.54, 1.807) is 61.3 Å². The van der Waals surface area contributed by atoms with Gasteiger partial charge in [0.05, 0.1) is 17.3 Å². The van der Waals surface area contributed by atoms with Crippen molar-refractivity contribution in [3.05, 3.63) is 70.1 Å². The number of nitrogens with zero attached hydrogens (tertiary/aromatic N) is 7. The van der Waals surface area contributed by atoms with Crippen molar-refractivity contribution in [2.75, 3.05) is 42.7 Å². The first-order valence-corrected chi connectivity index (χ1v) is 13.9. The van der Waals surface area contributed by atoms with Gasteiger partial charge in [-0.3, -0.25) is 9.59 Å². The lowest BCUT2D eigenvalue weighted by Crippen LogP contribution is -2.40. The molecule has 5 rings (SSSR count). The number of benzene rings is 1. The molecule has 0 aliphatic carbocycles. The number of amides is 1. The van der Waals surface area contributed by atoms with Gasteiger partial charge in [0.2, 0.25) is 11.9 Å². The summed E-state index contributed by atoms with van der Waals surface area (Å²) < 4.78 is 1.61. The molecule has 2 N–H and O–H groups in total. The Bertz CT molecular complexity index is 1630. The molecule has 0 saturated carbocycles. The summed E-state index contributed by atoms with van der Waals surface area (Å²) >= 11 is 6.51. The minimum atomic E-state index is -0.639. The van der Waals surface area contributed by atoms with Crippen molar-refractivity contribution in [1.29, 1.82) is 0 Å². The molecule has 1 aromatic carbocycles. The van der Waals surface area contributed by atoms with Crippen LogP contribution in [0.1, 0.15) is 32.5 Å². The molecule has 0 spiro atoms. The number of carbonyl (C=O) groups is 1. The van der Waals surface area contributed by atoms with Crippen molar-refractivity contribution in [3.63, 3.8) is 0 Å². The summed E-state index contributed by atoms with van der Waals surface area (Å²) in [5, 5.41) is 8.01. The molecule has 0 atom stereocenters. The number of carbonyl (C=O) groups excluding carboxylic acids is 1. The van der Waals surface area contributed by atoms with Gasteiger partial charge in [0.15, 0.2) is 11.6 Å². The average molecular weight is 576 g/mol. The van der Waals surface area contributed by atoms with E-state index in [-0.39, 0.29) is 17.4 Å². The maximum absolute atomic E-state index is 12.8. The van der Waals surface area contributed by atoms with E-state index in [0.717, 1.165) is 29.4 Å². The number of fused-ring (bicyclic) bond motifs is 1. The predicted molar refractivity (Wildman–Crippen MR) is 162 cm³/mol. The molecule has 0 radical (unpaired) electrons. The van der Waals surface area contributed by atoms with Crippen LogP contribution in [0.3, 0.4) is 0 Å². The largest absolute Gasteiger partial charge is 0.372 e. The number of halogens is 1. The summed E-state index contributed by atoms with van der Waals surface area (Å²) in [7, 11) is 5.33. The number of pyridine rings is 1. The number of hydrogen-bond donors (Lipinski definition) is 2. The fraction of sp³-hybridized carbons (Fsp3) is 0.379. The van der Waals surface area contributed by atoms with E-state index in [1.165, 1.54) is 0 Å². The molecule has 4 heterocycles. The standard InChI is InChI=1S/C29H34ClN9O2/c1-29(2,27-31-11-6-12-32-27)36-22-16-24(40)38(5)23-8-7-19(15-20(22)23)34-25-21(30)17-33-28(35-25)39-13-9-18(10-14-39)26(41)37(3)4/h6-8,11-12,15-18,36H,9-10,13-14H2,1-5H3,(H,33,34,35). The van der Waals surface area contributed by atoms with Crippen LogP contribution in [0.5, 0.6) is 0 Å². The number of rotatable bonds is 7. The van der Waals surface area contributed by atoms with Crippen LogP contribution < -0.4 is 21.1 Å². The maximum atomic E-state index is 12.8. The lowest BCUT2D eigenvalue weighted by Gasteiger charge is -2.32. The Morgan fingerprint density at radius 3 is 2.49 bits per heavy atom. The average Bonchev–Trinajstić information content (AvgIpc) is 2.97. The van der Waals surface area contributed by atoms with Crippen LogP contribution in [0.15, 0.2) is 53.7 Å². The lowest BCUT2D eigenvalue weighted by atomic mass is 9.96. The summed E-state index contributed by atoms with van der Waals surface area (Å²) in [4.78, 5) is 46.8. The van der Waals surface area contributed by atoms with Crippen LogP contribution in [0.25, 0.3) is 10.9 Å². The number of anilines is 4. The van der Waals surface area contributed by atoms with E-state index in [4.69, 9.17) is 16.6 Å². The molecule has 1 aliphatic heterocycles. The van der Waals surface area contributed by atoms with Gasteiger partial charge in [0, 0.05) is 75.4 Å². The van der Waals surface area contributed by atoms with Crippen LogP contribution in [-0.4, -0.2) is 62.5 Å². The second-order valence-corrected chi connectivity index (χ2v) is 11.4. The summed E-state index contributed by atoms with van der Waals surface area (Å²) in [6.45, 7) is 5.31. The third-order valence-electron chi connectivity index (χ3n) is 7.38. The molecule has 3 aromatic heterocycles. The van der Waals surface area contributed by atoms with Crippen molar-refractivity contribution in [3.8, 4) is 0 Å². The van der Waals surface area contributed by atoms with Gasteiger partial charge in [-0.15, -0.1) is 0 Å². The number of nitrogens with one attached hydrogen (secondary N) is 2. The second kappa shape index (κ2) is 11.3. The van der Waals surface area contributed by atoms with E-state index in [1.807, 2.05) is 32.0 Å². The first-order valence-electron chi connectivity index (χ1n) is 13.5. The van der Waals surface area contributed by atoms with E-state index in [2.05, 4.69) is 30.5 Å². The molecule has 1 fully saturated rings. The normalized spacial score (nSPS) is 14.2. The first kappa shape index (κ1) is 28.3. The molecular weight excluding hydrogens is 542 g/mol. The molecule has 41 heavy (non-hydrogen) atoms. The first-order chi connectivity index (χ1) is 19.5. The molecule has 1 saturated heterocycles. The third kappa shape index (κ3) is 5.95. The van der Waals surface area contributed by atoms with Crippen LogP contribution in [-0.2, 0) is 17.4 Å². The Kier molecular flexibility index (Phi) is 7.81. The highest BCUT2D eigenvalue weighted by atomic mass is 35.5. The highest BCUT2D eigenvalue weighted by Gasteiger charge is 2.28. The number of hydrogen-bond acceptors (Lipinski definition) is 9. The quantitative estimate of drug-likeness (QED) is 0.334. The predicted octanol–water partition coefficient (Wildman–Crippen LogP) is 4.17. The van der Waals surface area contributed by atoms with Crippen molar-refractivity contribution in [2.24, 2.45) is 13.0 Å². The highest BCUT2D eigenvalue weighted by Crippen LogP contribution is 2.32. The van der Waals surface area contributed by atoms with Crippen LogP contribution in [0.2, 0.25) is 5.02 Å². The van der Waals surface area contributed by atoms with E-state index >= 15 is 0 Å². The topological polar surface area (TPSA) is 121 Å². The van der Waals surface area contributed by atoms with Gasteiger partial charge in [0.1, 0.15) is 5.02 Å². The van der Waals surface area contributed by atoms with Crippen molar-refractivity contribution in [1.82, 2.24) is 29.4 Å². The number of aromatic nitrogens is 5. The fourth-order valence-corrected chi connectivity index (χ4v) is 5.22. The third-order valence-corrected chi connectivity index (χ3v) is 7.66. The zero-order valence-corrected chi connectivity index (χ0v) is 24.6. The van der Waals surface area contributed by atoms with Crippen molar-refractivity contribution in [2.45, 2.75) is 32.2 Å². The molecule has 0 bridgehead atoms. The molecular formula is C29H34ClN9O2. The van der Waals surface area contributed by atoms with Gasteiger partial charge in [0.25, 0.3) is 5.56 Å². The SMILES string of the molecule is CN(C)C(=O)C1CCN(c2ncc(Cl)c(Nc3ccc4c(c3)c(NC(C)(C)c3ncccn3)cc(=O)n4C)n2)CC1. The Morgan fingerprint density at radius 1 is 1.10 bits per heavy atom. The molecule has 1 amide bonds. The second-order valence-electron chi connectivity index (χ2n) is 11.0. The van der Waals surface area contributed by atoms with Gasteiger partial charge >= 0.3 is 0 Å². The highest BCUT2D eigenvalue weighted by molar-refractivity contribution is 6.32. The summed E-state index contributed by atoms with van der Waals surface area (Å²) in [6, 6.07) is 9.07. The minimum absolute atomic E-state index is 0.0148. The van der Waals surface area contributed by atoms with Crippen LogP contribution in [0.4, 0.5) is 23.1 Å². The number of piperidine rings is 1. The Labute approximate surface area is 243 Å². The van der Waals surface area contributed by atoms with Gasteiger partial charge in [-0.25, -0.2) is 15.0 Å². The van der Waals surface area contributed by atoms with E-state index < -0.39 is 5.54 Å². The molecule has 214 valence electrons. The Balaban J connectivity index is 1.42. The molecule has 1 aliphatic rings. The lowest BCUT2D eigenvalue weighted by molar-refractivity contribution is -0.133. The Hall–Kier alpha value is -4.25. The summed E-state index contributed by atoms with van der Waals surface area (Å²) in [6.07, 6.45) is 6.47. The molecule has 4 aromatic rings. The monoisotopic (exact) mass is 575 g/mol. The van der Waals surface area contributed by atoms with E-state index in [9.17, 15) is 9.59 Å². The smallest absolute Gasteiger partial charge is 0.252 e. The maximum Gasteiger partial charge on any atom is 0.252 e. The number of aryl methyl sites for hydroxylation is 1. The Morgan fingerprint density at radius 2 is 1.80 bits per heavy atom. The van der Waals surface area contributed by atoms with Gasteiger partial charge in [-0.2, -0.15) is 4.98 Å². The zero-order valence-electron chi connectivity index (χ0n) is 23.8. The van der Waals surface area contributed by atoms with Crippen LogP contribution >= 0.6 is 11.6 Å². The van der Waals surface area contributed by atoms with E-state index in [0.29, 0.717) is 41.4 Å². The fourth-order valence-electron chi connectivity index (χ4n) is 5.08. The molecule has 12 heteroatoms. The van der Waals surface area contributed by atoms with Gasteiger partial charge < -0.3 is 25.0 Å². The zero-order chi connectivity index (χ0) is 29.3. The van der Waals surface area contributed by atoms with Crippen LogP contribution in [0, 0.1) is 5.92 Å². The van der Waals surface area contributed by atoms with Crippen molar-refractivity contribution >= 4 is 51.6 Å². The summed E-state index contributed by atoms with van der Waals surface area (Å²) in [5.41, 5.74) is 1.40. The summed E-state index contributed by atoms with van der Waals surface area (Å²) in [5.74, 6) is 1.81. The van der Waals surface area contributed by atoms with Gasteiger partial charge in [-0.05, 0) is 51.0 Å².